The number of halogens is 2. The summed E-state index contributed by atoms with van der Waals surface area (Å²) in [5.74, 6) is -0.458. The van der Waals surface area contributed by atoms with E-state index in [0.29, 0.717) is 29.4 Å². The minimum absolute atomic E-state index is 0.258. The van der Waals surface area contributed by atoms with Crippen LogP contribution < -0.4 is 5.32 Å². The van der Waals surface area contributed by atoms with E-state index in [0.717, 1.165) is 16.6 Å². The van der Waals surface area contributed by atoms with Crippen LogP contribution in [0.3, 0.4) is 0 Å². The van der Waals surface area contributed by atoms with E-state index in [1.165, 1.54) is 0 Å². The number of pyridine rings is 2. The molecule has 1 aliphatic rings. The van der Waals surface area contributed by atoms with Crippen molar-refractivity contribution < 1.29 is 8.78 Å². The molecule has 9 heteroatoms. The zero-order valence-electron chi connectivity index (χ0n) is 16.2. The first kappa shape index (κ1) is 18.7. The largest absolute Gasteiger partial charge is 0.287 e. The Hall–Kier alpha value is -3.33. The molecule has 7 nitrogen and oxygen atoms in total. The lowest BCUT2D eigenvalue weighted by Gasteiger charge is -2.29. The van der Waals surface area contributed by atoms with Crippen LogP contribution in [0.25, 0.3) is 28.1 Å². The molecular weight excluding hydrogens is 388 g/mol. The van der Waals surface area contributed by atoms with Gasteiger partial charge in [-0.1, -0.05) is 6.07 Å². The summed E-state index contributed by atoms with van der Waals surface area (Å²) in [5.41, 5.74) is 3.23. The zero-order valence-corrected chi connectivity index (χ0v) is 16.2. The molecule has 1 saturated heterocycles. The van der Waals surface area contributed by atoms with Gasteiger partial charge >= 0.3 is 0 Å². The number of aromatic nitrogens is 6. The van der Waals surface area contributed by atoms with Crippen molar-refractivity contribution in [2.45, 2.75) is 31.7 Å². The Labute approximate surface area is 171 Å². The van der Waals surface area contributed by atoms with Crippen molar-refractivity contribution in [2.75, 3.05) is 6.54 Å². The van der Waals surface area contributed by atoms with Gasteiger partial charge in [-0.25, -0.2) is 23.4 Å². The van der Waals surface area contributed by atoms with Crippen LogP contribution in [-0.4, -0.2) is 48.7 Å². The number of hydrogen-bond donors (Lipinski definition) is 1. The summed E-state index contributed by atoms with van der Waals surface area (Å²) in [4.78, 5) is 17.6. The lowest BCUT2D eigenvalue weighted by molar-refractivity contribution is 0.107. The van der Waals surface area contributed by atoms with Crippen LogP contribution in [0.5, 0.6) is 0 Å². The quantitative estimate of drug-likeness (QED) is 0.525. The predicted molar refractivity (Wildman–Crippen MR) is 108 cm³/mol. The molecule has 0 aliphatic carbocycles. The first-order chi connectivity index (χ1) is 14.6. The minimum Gasteiger partial charge on any atom is -0.287 e. The van der Waals surface area contributed by atoms with Gasteiger partial charge in [0.1, 0.15) is 11.9 Å². The first-order valence-corrected chi connectivity index (χ1v) is 9.72. The molecule has 0 spiro atoms. The van der Waals surface area contributed by atoms with E-state index in [1.54, 1.807) is 47.7 Å². The number of rotatable bonds is 3. The molecule has 30 heavy (non-hydrogen) atoms. The van der Waals surface area contributed by atoms with Crippen LogP contribution in [-0.2, 0) is 0 Å². The molecule has 0 bridgehead atoms. The van der Waals surface area contributed by atoms with Crippen molar-refractivity contribution in [1.29, 1.82) is 0 Å². The second-order valence-electron chi connectivity index (χ2n) is 7.34. The highest BCUT2D eigenvalue weighted by molar-refractivity contribution is 5.82. The number of aryl methyl sites for hydroxylation is 1. The molecule has 5 heterocycles. The third kappa shape index (κ3) is 3.30. The molecule has 1 fully saturated rings. The third-order valence-corrected chi connectivity index (χ3v) is 5.25. The molecule has 0 radical (unpaired) electrons. The van der Waals surface area contributed by atoms with Crippen molar-refractivity contribution in [3.05, 3.63) is 60.4 Å². The van der Waals surface area contributed by atoms with Gasteiger partial charge in [0.2, 0.25) is 0 Å². The average molecular weight is 407 g/mol. The summed E-state index contributed by atoms with van der Waals surface area (Å²) in [6.07, 6.45) is 4.23. The highest BCUT2D eigenvalue weighted by atomic mass is 19.1. The lowest BCUT2D eigenvalue weighted by atomic mass is 9.92. The Morgan fingerprint density at radius 3 is 2.80 bits per heavy atom. The fourth-order valence-electron chi connectivity index (χ4n) is 3.76. The van der Waals surface area contributed by atoms with E-state index in [2.05, 4.69) is 30.4 Å². The maximum Gasteiger partial charge on any atom is 0.162 e. The fourth-order valence-corrected chi connectivity index (χ4v) is 3.76. The highest BCUT2D eigenvalue weighted by Gasteiger charge is 2.36. The number of piperidine rings is 1. The molecule has 0 amide bonds. The molecule has 1 aliphatic heterocycles. The maximum absolute atomic E-state index is 14.4. The zero-order chi connectivity index (χ0) is 20.7. The average Bonchev–Trinajstić information content (AvgIpc) is 3.17. The van der Waals surface area contributed by atoms with Gasteiger partial charge in [0.15, 0.2) is 12.1 Å². The topological polar surface area (TPSA) is 81.4 Å². The van der Waals surface area contributed by atoms with Gasteiger partial charge in [-0.15, -0.1) is 0 Å². The SMILES string of the molecule is Cc1cncc(-c2cc3c(cn2)cnn3-c2cccc(C3C(F)CCNC3F)n2)n1. The van der Waals surface area contributed by atoms with E-state index >= 15 is 0 Å². The van der Waals surface area contributed by atoms with E-state index in [1.807, 2.05) is 13.0 Å². The van der Waals surface area contributed by atoms with Gasteiger partial charge in [0.05, 0.1) is 40.9 Å². The summed E-state index contributed by atoms with van der Waals surface area (Å²) in [7, 11) is 0. The molecule has 152 valence electrons. The van der Waals surface area contributed by atoms with Crippen molar-refractivity contribution in [3.63, 3.8) is 0 Å². The Morgan fingerprint density at radius 2 is 1.97 bits per heavy atom. The predicted octanol–water partition coefficient (Wildman–Crippen LogP) is 3.29. The van der Waals surface area contributed by atoms with Crippen LogP contribution in [0.4, 0.5) is 8.78 Å². The molecule has 3 atom stereocenters. The van der Waals surface area contributed by atoms with E-state index in [-0.39, 0.29) is 6.42 Å². The molecule has 5 rings (SSSR count). The second kappa shape index (κ2) is 7.49. The molecule has 4 aromatic rings. The van der Waals surface area contributed by atoms with Crippen molar-refractivity contribution in [3.8, 4) is 17.2 Å². The van der Waals surface area contributed by atoms with Gasteiger partial charge in [0, 0.05) is 24.3 Å². The Kier molecular flexibility index (Phi) is 4.66. The standard InChI is InChI=1S/C21H19F2N7/c1-12-8-24-11-17(28-12)16-7-18-13(9-26-16)10-27-30(18)19-4-2-3-15(29-19)20-14(22)5-6-25-21(20)23/h2-4,7-11,14,20-21,25H,5-6H2,1H3. The van der Waals surface area contributed by atoms with Gasteiger partial charge in [0.25, 0.3) is 0 Å². The fraction of sp³-hybridized carbons (Fsp3) is 0.286. The number of alkyl halides is 2. The Morgan fingerprint density at radius 1 is 1.07 bits per heavy atom. The Bertz CT molecular complexity index is 1200. The highest BCUT2D eigenvalue weighted by Crippen LogP contribution is 2.31. The number of nitrogens with zero attached hydrogens (tertiary/aromatic N) is 6. The van der Waals surface area contributed by atoms with Crippen LogP contribution in [0, 0.1) is 6.92 Å². The number of nitrogens with one attached hydrogen (secondary N) is 1. The second-order valence-corrected chi connectivity index (χ2v) is 7.34. The van der Waals surface area contributed by atoms with Gasteiger partial charge in [-0.2, -0.15) is 5.10 Å². The van der Waals surface area contributed by atoms with Gasteiger partial charge < -0.3 is 0 Å². The van der Waals surface area contributed by atoms with E-state index in [9.17, 15) is 8.78 Å². The molecule has 3 unspecified atom stereocenters. The summed E-state index contributed by atoms with van der Waals surface area (Å²) in [5, 5.41) is 7.92. The van der Waals surface area contributed by atoms with Crippen molar-refractivity contribution >= 4 is 10.9 Å². The molecule has 1 N–H and O–H groups in total. The van der Waals surface area contributed by atoms with Gasteiger partial charge in [-0.05, 0) is 31.5 Å². The van der Waals surface area contributed by atoms with Crippen molar-refractivity contribution in [1.82, 2.24) is 35.0 Å². The van der Waals surface area contributed by atoms with E-state index < -0.39 is 18.4 Å². The number of hydrogen-bond acceptors (Lipinski definition) is 6. The van der Waals surface area contributed by atoms with Crippen LogP contribution in [0.2, 0.25) is 0 Å². The first-order valence-electron chi connectivity index (χ1n) is 9.72. The lowest BCUT2D eigenvalue weighted by Crippen LogP contribution is -2.43. The summed E-state index contributed by atoms with van der Waals surface area (Å²) < 4.78 is 30.4. The Balaban J connectivity index is 1.57. The summed E-state index contributed by atoms with van der Waals surface area (Å²) in [6, 6.07) is 7.02. The third-order valence-electron chi connectivity index (χ3n) is 5.25. The normalized spacial score (nSPS) is 21.8. The van der Waals surface area contributed by atoms with Crippen LogP contribution >= 0.6 is 0 Å². The molecular formula is C21H19F2N7. The summed E-state index contributed by atoms with van der Waals surface area (Å²) >= 11 is 0. The van der Waals surface area contributed by atoms with Crippen molar-refractivity contribution in [2.24, 2.45) is 0 Å². The van der Waals surface area contributed by atoms with E-state index in [4.69, 9.17) is 0 Å². The molecule has 4 aromatic heterocycles. The summed E-state index contributed by atoms with van der Waals surface area (Å²) in [6.45, 7) is 2.19. The van der Waals surface area contributed by atoms with Crippen LogP contribution in [0.15, 0.2) is 49.1 Å². The monoisotopic (exact) mass is 407 g/mol. The minimum atomic E-state index is -1.47. The number of fused-ring (bicyclic) bond motifs is 1. The smallest absolute Gasteiger partial charge is 0.162 e. The molecule has 0 saturated carbocycles. The molecule has 0 aromatic carbocycles. The van der Waals surface area contributed by atoms with Crippen LogP contribution in [0.1, 0.15) is 23.7 Å². The maximum atomic E-state index is 14.4. The van der Waals surface area contributed by atoms with Gasteiger partial charge in [-0.3, -0.25) is 15.3 Å².